The van der Waals surface area contributed by atoms with Crippen molar-refractivity contribution in [3.8, 4) is 11.1 Å². The number of carbonyl (C=O) groups excluding carboxylic acids is 1. The highest BCUT2D eigenvalue weighted by atomic mass is 16.3. The third-order valence-corrected chi connectivity index (χ3v) is 5.20. The van der Waals surface area contributed by atoms with Crippen molar-refractivity contribution in [2.24, 2.45) is 0 Å². The van der Waals surface area contributed by atoms with Crippen LogP contribution in [0.3, 0.4) is 0 Å². The molecule has 1 heterocycles. The summed E-state index contributed by atoms with van der Waals surface area (Å²) in [6.07, 6.45) is 2.51. The molecule has 3 heteroatoms. The van der Waals surface area contributed by atoms with Crippen LogP contribution in [0.1, 0.15) is 10.4 Å². The first-order chi connectivity index (χ1) is 14.8. The van der Waals surface area contributed by atoms with Crippen molar-refractivity contribution in [2.75, 3.05) is 4.90 Å². The largest absolute Gasteiger partial charge is 0.464 e. The lowest BCUT2D eigenvalue weighted by Gasteiger charge is -2.25. The van der Waals surface area contributed by atoms with Gasteiger partial charge in [-0.3, -0.25) is 4.79 Å². The lowest BCUT2D eigenvalue weighted by atomic mass is 9.99. The van der Waals surface area contributed by atoms with E-state index in [9.17, 15) is 4.79 Å². The van der Waals surface area contributed by atoms with E-state index in [1.54, 1.807) is 12.3 Å². The maximum Gasteiger partial charge on any atom is 0.150 e. The second kappa shape index (κ2) is 7.72. The summed E-state index contributed by atoms with van der Waals surface area (Å²) in [5, 5.41) is 0.997. The molecule has 0 amide bonds. The Balaban J connectivity index is 1.60. The highest BCUT2D eigenvalue weighted by molar-refractivity contribution is 5.98. The Morgan fingerprint density at radius 3 is 1.87 bits per heavy atom. The monoisotopic (exact) mass is 389 g/mol. The van der Waals surface area contributed by atoms with E-state index in [1.807, 2.05) is 48.5 Å². The third-order valence-electron chi connectivity index (χ3n) is 5.20. The number of carbonyl (C=O) groups is 1. The molecule has 5 aromatic rings. The summed E-state index contributed by atoms with van der Waals surface area (Å²) in [6, 6.07) is 34.6. The van der Waals surface area contributed by atoms with Gasteiger partial charge in [-0.25, -0.2) is 0 Å². The summed E-state index contributed by atoms with van der Waals surface area (Å²) in [4.78, 5) is 13.6. The number of furan rings is 1. The lowest BCUT2D eigenvalue weighted by Crippen LogP contribution is -2.09. The molecule has 0 aliphatic heterocycles. The van der Waals surface area contributed by atoms with Gasteiger partial charge in [0.15, 0.2) is 0 Å². The molecule has 0 saturated heterocycles. The Hall–Kier alpha value is -4.11. The first kappa shape index (κ1) is 18.0. The molecular formula is C27H19NO2. The predicted molar refractivity (Wildman–Crippen MR) is 122 cm³/mol. The molecule has 5 rings (SSSR count). The van der Waals surface area contributed by atoms with Gasteiger partial charge in [-0.1, -0.05) is 48.5 Å². The molecule has 0 fully saturated rings. The Labute approximate surface area is 174 Å². The van der Waals surface area contributed by atoms with Crippen LogP contribution < -0.4 is 4.90 Å². The third kappa shape index (κ3) is 3.27. The van der Waals surface area contributed by atoms with Crippen LogP contribution >= 0.6 is 0 Å². The van der Waals surface area contributed by atoms with E-state index in [0.29, 0.717) is 11.1 Å². The molecule has 0 radical (unpaired) electrons. The topological polar surface area (TPSA) is 33.5 Å². The van der Waals surface area contributed by atoms with E-state index in [4.69, 9.17) is 4.42 Å². The van der Waals surface area contributed by atoms with Crippen molar-refractivity contribution in [2.45, 2.75) is 0 Å². The molecule has 0 N–H and O–H groups in total. The quantitative estimate of drug-likeness (QED) is 0.294. The van der Waals surface area contributed by atoms with Crippen molar-refractivity contribution in [3.63, 3.8) is 0 Å². The number of anilines is 3. The normalized spacial score (nSPS) is 10.8. The van der Waals surface area contributed by atoms with Crippen LogP contribution in [0.5, 0.6) is 0 Å². The fourth-order valence-electron chi connectivity index (χ4n) is 3.79. The number of aldehydes is 1. The smallest absolute Gasteiger partial charge is 0.150 e. The van der Waals surface area contributed by atoms with Crippen LogP contribution in [0, 0.1) is 0 Å². The number of hydrogen-bond donors (Lipinski definition) is 0. The average Bonchev–Trinajstić information content (AvgIpc) is 3.29. The van der Waals surface area contributed by atoms with Crippen LogP contribution in [0.25, 0.3) is 22.1 Å². The minimum atomic E-state index is 0.603. The summed E-state index contributed by atoms with van der Waals surface area (Å²) < 4.78 is 5.53. The van der Waals surface area contributed by atoms with Gasteiger partial charge in [0.1, 0.15) is 11.9 Å². The van der Waals surface area contributed by atoms with E-state index < -0.39 is 0 Å². The first-order valence-electron chi connectivity index (χ1n) is 9.80. The van der Waals surface area contributed by atoms with Crippen LogP contribution in [0.4, 0.5) is 17.1 Å². The van der Waals surface area contributed by atoms with Crippen LogP contribution in [0.15, 0.2) is 114 Å². The molecule has 0 aliphatic rings. The second-order valence-corrected chi connectivity index (χ2v) is 7.07. The molecule has 0 bridgehead atoms. The molecule has 0 spiro atoms. The zero-order valence-corrected chi connectivity index (χ0v) is 16.2. The van der Waals surface area contributed by atoms with Gasteiger partial charge in [0.25, 0.3) is 0 Å². The predicted octanol–water partition coefficient (Wildman–Crippen LogP) is 7.38. The highest BCUT2D eigenvalue weighted by Gasteiger charge is 2.13. The molecule has 144 valence electrons. The summed E-state index contributed by atoms with van der Waals surface area (Å²) in [6.45, 7) is 0. The number of fused-ring (bicyclic) bond motifs is 1. The van der Waals surface area contributed by atoms with E-state index >= 15 is 0 Å². The van der Waals surface area contributed by atoms with E-state index in [2.05, 4.69) is 53.4 Å². The van der Waals surface area contributed by atoms with Gasteiger partial charge in [0, 0.05) is 28.0 Å². The zero-order chi connectivity index (χ0) is 20.3. The fraction of sp³-hybridized carbons (Fsp3) is 0. The Morgan fingerprint density at radius 2 is 1.27 bits per heavy atom. The van der Waals surface area contributed by atoms with Crippen LogP contribution in [-0.4, -0.2) is 6.29 Å². The number of hydrogen-bond acceptors (Lipinski definition) is 3. The van der Waals surface area contributed by atoms with Crippen molar-refractivity contribution in [1.82, 2.24) is 0 Å². The number of benzene rings is 4. The van der Waals surface area contributed by atoms with Crippen LogP contribution in [0.2, 0.25) is 0 Å². The second-order valence-electron chi connectivity index (χ2n) is 7.07. The van der Waals surface area contributed by atoms with Gasteiger partial charge < -0.3 is 9.32 Å². The molecule has 0 aliphatic carbocycles. The van der Waals surface area contributed by atoms with Crippen molar-refractivity contribution in [1.29, 1.82) is 0 Å². The average molecular weight is 389 g/mol. The zero-order valence-electron chi connectivity index (χ0n) is 16.2. The first-order valence-corrected chi connectivity index (χ1v) is 9.80. The molecule has 0 saturated carbocycles. The minimum Gasteiger partial charge on any atom is -0.464 e. The number of rotatable bonds is 5. The van der Waals surface area contributed by atoms with Crippen molar-refractivity contribution in [3.05, 3.63) is 115 Å². The molecule has 0 unspecified atom stereocenters. The summed E-state index contributed by atoms with van der Waals surface area (Å²) in [7, 11) is 0. The Kier molecular flexibility index (Phi) is 4.62. The maximum atomic E-state index is 11.4. The van der Waals surface area contributed by atoms with E-state index in [-0.39, 0.29) is 0 Å². The maximum absolute atomic E-state index is 11.4. The molecule has 0 atom stereocenters. The van der Waals surface area contributed by atoms with Gasteiger partial charge in [-0.05, 0) is 65.7 Å². The van der Waals surface area contributed by atoms with Gasteiger partial charge in [0.05, 0.1) is 6.26 Å². The van der Waals surface area contributed by atoms with E-state index in [1.165, 1.54) is 0 Å². The van der Waals surface area contributed by atoms with Crippen molar-refractivity contribution < 1.29 is 9.21 Å². The SMILES string of the molecule is O=Cc1cc(-c2ccc(N(c3ccccc3)c3ccccc3)cc2)c2ccoc2c1. The fourth-order valence-corrected chi connectivity index (χ4v) is 3.79. The summed E-state index contributed by atoms with van der Waals surface area (Å²) >= 11 is 0. The van der Waals surface area contributed by atoms with Gasteiger partial charge >= 0.3 is 0 Å². The summed E-state index contributed by atoms with van der Waals surface area (Å²) in [5.41, 5.74) is 6.59. The van der Waals surface area contributed by atoms with Gasteiger partial charge in [0.2, 0.25) is 0 Å². The molecule has 4 aromatic carbocycles. The number of para-hydroxylation sites is 2. The van der Waals surface area contributed by atoms with Crippen LogP contribution in [-0.2, 0) is 0 Å². The van der Waals surface area contributed by atoms with Gasteiger partial charge in [-0.2, -0.15) is 0 Å². The lowest BCUT2D eigenvalue weighted by molar-refractivity contribution is 0.112. The Bertz CT molecular complexity index is 1250. The van der Waals surface area contributed by atoms with Crippen molar-refractivity contribution >= 4 is 34.3 Å². The molecular weight excluding hydrogens is 370 g/mol. The Morgan fingerprint density at radius 1 is 0.667 bits per heavy atom. The highest BCUT2D eigenvalue weighted by Crippen LogP contribution is 2.36. The van der Waals surface area contributed by atoms with Gasteiger partial charge in [-0.15, -0.1) is 0 Å². The van der Waals surface area contributed by atoms with E-state index in [0.717, 1.165) is 39.9 Å². The minimum absolute atomic E-state index is 0.603. The molecule has 30 heavy (non-hydrogen) atoms. The standard InChI is InChI=1S/C27H19NO2/c29-19-20-17-26(25-15-16-30-27(25)18-20)21-11-13-24(14-12-21)28(22-7-3-1-4-8-22)23-9-5-2-6-10-23/h1-19H. The molecule has 3 nitrogen and oxygen atoms in total. The number of nitrogens with zero attached hydrogens (tertiary/aromatic N) is 1. The molecule has 1 aromatic heterocycles. The summed E-state index contributed by atoms with van der Waals surface area (Å²) in [5.74, 6) is 0.